The maximum atomic E-state index is 6.39. The molecule has 0 bridgehead atoms. The SMILES string of the molecule is Cc1cccc2nc(CCN)c(-c3ccc(Cl)cc3Cl)n12. The second-order valence-electron chi connectivity index (χ2n) is 4.93. The molecule has 0 saturated heterocycles. The predicted octanol–water partition coefficient (Wildman–Crippen LogP) is 4.12. The smallest absolute Gasteiger partial charge is 0.137 e. The van der Waals surface area contributed by atoms with Gasteiger partial charge in [-0.05, 0) is 43.8 Å². The molecule has 3 nitrogen and oxygen atoms in total. The van der Waals surface area contributed by atoms with Crippen molar-refractivity contribution in [3.63, 3.8) is 0 Å². The van der Waals surface area contributed by atoms with E-state index in [0.717, 1.165) is 28.3 Å². The van der Waals surface area contributed by atoms with Gasteiger partial charge in [0.05, 0.1) is 16.4 Å². The molecule has 2 N–H and O–H groups in total. The number of benzene rings is 1. The lowest BCUT2D eigenvalue weighted by atomic mass is 10.1. The van der Waals surface area contributed by atoms with Gasteiger partial charge in [0.15, 0.2) is 0 Å². The van der Waals surface area contributed by atoms with Crippen LogP contribution < -0.4 is 5.73 Å². The van der Waals surface area contributed by atoms with Crippen molar-refractivity contribution in [3.05, 3.63) is 57.8 Å². The minimum absolute atomic E-state index is 0.543. The first kappa shape index (κ1) is 14.4. The third-order valence-electron chi connectivity index (χ3n) is 3.48. The third-order valence-corrected chi connectivity index (χ3v) is 4.03. The van der Waals surface area contributed by atoms with E-state index in [9.17, 15) is 0 Å². The van der Waals surface area contributed by atoms with Crippen molar-refractivity contribution >= 4 is 28.8 Å². The molecular formula is C16H15Cl2N3. The molecule has 0 aliphatic heterocycles. The van der Waals surface area contributed by atoms with Crippen molar-refractivity contribution in [3.8, 4) is 11.3 Å². The number of pyridine rings is 1. The zero-order valence-corrected chi connectivity index (χ0v) is 13.1. The fourth-order valence-electron chi connectivity index (χ4n) is 2.57. The highest BCUT2D eigenvalue weighted by Crippen LogP contribution is 2.34. The highest BCUT2D eigenvalue weighted by molar-refractivity contribution is 6.36. The Morgan fingerprint density at radius 2 is 2.00 bits per heavy atom. The Morgan fingerprint density at radius 1 is 1.19 bits per heavy atom. The Morgan fingerprint density at radius 3 is 2.71 bits per heavy atom. The Kier molecular flexibility index (Phi) is 3.89. The first-order valence-corrected chi connectivity index (χ1v) is 7.50. The number of hydrogen-bond acceptors (Lipinski definition) is 2. The molecule has 21 heavy (non-hydrogen) atoms. The lowest BCUT2D eigenvalue weighted by molar-refractivity contribution is 0.938. The van der Waals surface area contributed by atoms with Crippen LogP contribution in [0.25, 0.3) is 16.9 Å². The monoisotopic (exact) mass is 319 g/mol. The molecule has 3 rings (SSSR count). The maximum absolute atomic E-state index is 6.39. The molecule has 2 aromatic heterocycles. The number of aromatic nitrogens is 2. The molecule has 0 radical (unpaired) electrons. The largest absolute Gasteiger partial charge is 0.330 e. The molecule has 0 saturated carbocycles. The minimum atomic E-state index is 0.543. The number of aryl methyl sites for hydroxylation is 1. The van der Waals surface area contributed by atoms with Gasteiger partial charge in [0.25, 0.3) is 0 Å². The van der Waals surface area contributed by atoms with Crippen LogP contribution in [0.15, 0.2) is 36.4 Å². The standard InChI is InChI=1S/C16H15Cl2N3/c1-10-3-2-4-15-20-14(7-8-19)16(21(10)15)12-6-5-11(17)9-13(12)18/h2-6,9H,7-8,19H2,1H3. The highest BCUT2D eigenvalue weighted by Gasteiger charge is 2.17. The van der Waals surface area contributed by atoms with Crippen molar-refractivity contribution in [1.29, 1.82) is 0 Å². The van der Waals surface area contributed by atoms with Crippen LogP contribution in [0.4, 0.5) is 0 Å². The molecule has 0 fully saturated rings. The molecule has 0 spiro atoms. The van der Waals surface area contributed by atoms with E-state index in [-0.39, 0.29) is 0 Å². The van der Waals surface area contributed by atoms with Crippen molar-refractivity contribution in [2.24, 2.45) is 5.73 Å². The van der Waals surface area contributed by atoms with E-state index in [2.05, 4.69) is 4.40 Å². The summed E-state index contributed by atoms with van der Waals surface area (Å²) in [5.74, 6) is 0. The molecule has 108 valence electrons. The second-order valence-corrected chi connectivity index (χ2v) is 5.77. The number of nitrogens with two attached hydrogens (primary N) is 1. The molecular weight excluding hydrogens is 305 g/mol. The van der Waals surface area contributed by atoms with E-state index >= 15 is 0 Å². The molecule has 3 aromatic rings. The Bertz CT molecular complexity index is 809. The predicted molar refractivity (Wildman–Crippen MR) is 88.1 cm³/mol. The van der Waals surface area contributed by atoms with Crippen LogP contribution in [0.3, 0.4) is 0 Å². The van der Waals surface area contributed by atoms with Crippen LogP contribution in [-0.4, -0.2) is 15.9 Å². The van der Waals surface area contributed by atoms with Crippen molar-refractivity contribution in [2.45, 2.75) is 13.3 Å². The third kappa shape index (κ3) is 2.53. The summed E-state index contributed by atoms with van der Waals surface area (Å²) in [5, 5.41) is 1.24. The quantitative estimate of drug-likeness (QED) is 0.789. The van der Waals surface area contributed by atoms with Gasteiger partial charge in [-0.25, -0.2) is 4.98 Å². The van der Waals surface area contributed by atoms with Crippen LogP contribution in [0, 0.1) is 6.92 Å². The molecule has 0 atom stereocenters. The number of rotatable bonds is 3. The van der Waals surface area contributed by atoms with Gasteiger partial charge in [-0.3, -0.25) is 4.40 Å². The molecule has 0 aliphatic rings. The normalized spacial score (nSPS) is 11.2. The Balaban J connectivity index is 2.35. The summed E-state index contributed by atoms with van der Waals surface area (Å²) >= 11 is 12.4. The number of imidazole rings is 1. The van der Waals surface area contributed by atoms with Gasteiger partial charge < -0.3 is 5.73 Å². The van der Waals surface area contributed by atoms with Crippen molar-refractivity contribution in [2.75, 3.05) is 6.54 Å². The van der Waals surface area contributed by atoms with Gasteiger partial charge in [0.2, 0.25) is 0 Å². The van der Waals surface area contributed by atoms with Crippen molar-refractivity contribution in [1.82, 2.24) is 9.38 Å². The summed E-state index contributed by atoms with van der Waals surface area (Å²) in [6.07, 6.45) is 0.704. The summed E-state index contributed by atoms with van der Waals surface area (Å²) in [4.78, 5) is 4.69. The van der Waals surface area contributed by atoms with Crippen LogP contribution in [0.2, 0.25) is 10.0 Å². The molecule has 5 heteroatoms. The van der Waals surface area contributed by atoms with E-state index in [1.807, 2.05) is 37.3 Å². The summed E-state index contributed by atoms with van der Waals surface area (Å²) in [5.41, 5.74) is 10.6. The Hall–Kier alpha value is -1.55. The van der Waals surface area contributed by atoms with Gasteiger partial charge in [-0.2, -0.15) is 0 Å². The van der Waals surface area contributed by atoms with E-state index in [1.165, 1.54) is 0 Å². The molecule has 0 amide bonds. The van der Waals surface area contributed by atoms with Crippen LogP contribution in [0.5, 0.6) is 0 Å². The van der Waals surface area contributed by atoms with Crippen LogP contribution >= 0.6 is 23.2 Å². The second kappa shape index (κ2) is 5.68. The summed E-state index contributed by atoms with van der Waals surface area (Å²) in [7, 11) is 0. The van der Waals surface area contributed by atoms with E-state index in [1.54, 1.807) is 6.07 Å². The lowest BCUT2D eigenvalue weighted by Crippen LogP contribution is -2.04. The molecule has 1 aromatic carbocycles. The van der Waals surface area contributed by atoms with Crippen molar-refractivity contribution < 1.29 is 0 Å². The number of nitrogens with zero attached hydrogens (tertiary/aromatic N) is 2. The number of fused-ring (bicyclic) bond motifs is 1. The minimum Gasteiger partial charge on any atom is -0.330 e. The zero-order valence-electron chi connectivity index (χ0n) is 11.6. The van der Waals surface area contributed by atoms with Gasteiger partial charge in [0, 0.05) is 22.7 Å². The van der Waals surface area contributed by atoms with Crippen LogP contribution in [-0.2, 0) is 6.42 Å². The van der Waals surface area contributed by atoms with Gasteiger partial charge >= 0.3 is 0 Å². The first-order chi connectivity index (χ1) is 10.1. The fourth-order valence-corrected chi connectivity index (χ4v) is 3.07. The highest BCUT2D eigenvalue weighted by atomic mass is 35.5. The average Bonchev–Trinajstić information content (AvgIpc) is 2.79. The number of halogens is 2. The summed E-state index contributed by atoms with van der Waals surface area (Å²) in [6, 6.07) is 11.6. The zero-order chi connectivity index (χ0) is 15.0. The molecule has 2 heterocycles. The van der Waals surface area contributed by atoms with Gasteiger partial charge in [-0.15, -0.1) is 0 Å². The van der Waals surface area contributed by atoms with E-state index < -0.39 is 0 Å². The average molecular weight is 320 g/mol. The maximum Gasteiger partial charge on any atom is 0.137 e. The summed E-state index contributed by atoms with van der Waals surface area (Å²) in [6.45, 7) is 2.59. The lowest BCUT2D eigenvalue weighted by Gasteiger charge is -2.09. The topological polar surface area (TPSA) is 43.3 Å². The Labute approximate surface area is 133 Å². The number of hydrogen-bond donors (Lipinski definition) is 1. The van der Waals surface area contributed by atoms with Crippen LogP contribution in [0.1, 0.15) is 11.4 Å². The summed E-state index contributed by atoms with van der Waals surface area (Å²) < 4.78 is 2.11. The first-order valence-electron chi connectivity index (χ1n) is 6.74. The molecule has 0 aliphatic carbocycles. The van der Waals surface area contributed by atoms with Gasteiger partial charge in [0.1, 0.15) is 5.65 Å². The van der Waals surface area contributed by atoms with E-state index in [4.69, 9.17) is 33.9 Å². The van der Waals surface area contributed by atoms with Gasteiger partial charge in [-0.1, -0.05) is 29.3 Å². The van der Waals surface area contributed by atoms with E-state index in [0.29, 0.717) is 23.0 Å². The molecule has 0 unspecified atom stereocenters. The fraction of sp³-hybridized carbons (Fsp3) is 0.188.